The Morgan fingerprint density at radius 1 is 1.14 bits per heavy atom. The van der Waals surface area contributed by atoms with Crippen LogP contribution in [0.3, 0.4) is 0 Å². The molecule has 0 aromatic rings. The van der Waals surface area contributed by atoms with E-state index in [1.807, 2.05) is 0 Å². The van der Waals surface area contributed by atoms with Crippen LogP contribution in [0.4, 0.5) is 0 Å². The molecule has 0 spiro atoms. The van der Waals surface area contributed by atoms with E-state index in [4.69, 9.17) is 0 Å². The maximum atomic E-state index is 9.92. The Hall–Kier alpha value is -0.261. The maximum absolute atomic E-state index is 9.92. The van der Waals surface area contributed by atoms with E-state index in [1.165, 1.54) is 0 Å². The Bertz CT molecular complexity index is 105. The molecule has 0 unspecified atom stereocenters. The fourth-order valence-electron chi connectivity index (χ4n) is 0.180. The van der Waals surface area contributed by atoms with Gasteiger partial charge in [0.2, 0.25) is 0 Å². The van der Waals surface area contributed by atoms with Gasteiger partial charge < -0.3 is 0 Å². The predicted octanol–water partition coefficient (Wildman–Crippen LogP) is -1.38. The first kappa shape index (κ1) is 4.89. The minimum absolute atomic E-state index is 0.827. The van der Waals surface area contributed by atoms with Crippen molar-refractivity contribution in [1.82, 2.24) is 0 Å². The van der Waals surface area contributed by atoms with Crippen molar-refractivity contribution >= 4 is 33.9 Å². The van der Waals surface area contributed by atoms with Gasteiger partial charge >= 0.3 is 49.6 Å². The molecule has 0 bridgehead atoms. The first-order valence-corrected chi connectivity index (χ1v) is 3.81. The normalized spacial score (nSPS) is 18.9. The number of rotatable bonds is 0. The molecule has 7 heavy (non-hydrogen) atoms. The molecule has 0 aromatic carbocycles. The molecule has 0 aliphatic carbocycles. The molecule has 0 amide bonds. The summed E-state index contributed by atoms with van der Waals surface area (Å²) >= 11 is -1.48. The van der Waals surface area contributed by atoms with Crippen LogP contribution in [0.5, 0.6) is 0 Å². The third-order valence-electron chi connectivity index (χ3n) is 0.435. The Balaban J connectivity index is 2.65. The van der Waals surface area contributed by atoms with Crippen molar-refractivity contribution in [3.63, 3.8) is 0 Å². The summed E-state index contributed by atoms with van der Waals surface area (Å²) in [7, 11) is 0. The van der Waals surface area contributed by atoms with Gasteiger partial charge in [0, 0.05) is 0 Å². The summed E-state index contributed by atoms with van der Waals surface area (Å²) in [5.41, 5.74) is 0. The Morgan fingerprint density at radius 3 is 1.71 bits per heavy atom. The molecular formula is C2O4Sn. The Morgan fingerprint density at radius 2 is 1.57 bits per heavy atom. The summed E-state index contributed by atoms with van der Waals surface area (Å²) < 4.78 is 8.45. The molecule has 1 aliphatic heterocycles. The van der Waals surface area contributed by atoms with Crippen molar-refractivity contribution in [2.24, 2.45) is 0 Å². The van der Waals surface area contributed by atoms with Gasteiger partial charge in [0.1, 0.15) is 0 Å². The Labute approximate surface area is 50.1 Å². The van der Waals surface area contributed by atoms with Gasteiger partial charge in [-0.25, -0.2) is 0 Å². The van der Waals surface area contributed by atoms with Crippen LogP contribution in [0.25, 0.3) is 0 Å². The molecule has 1 saturated heterocycles. The average Bonchev–Trinajstić information content (AvgIpc) is 1.91. The van der Waals surface area contributed by atoms with Gasteiger partial charge in [-0.15, -0.1) is 0 Å². The van der Waals surface area contributed by atoms with Crippen molar-refractivity contribution < 1.29 is 15.7 Å². The molecule has 1 fully saturated rings. The number of hydrogen-bond donors (Lipinski definition) is 0. The first-order chi connectivity index (χ1) is 3.30. The SMILES string of the molecule is O=C1[O][Sn][O]C1=O. The molecule has 0 aromatic heterocycles. The van der Waals surface area contributed by atoms with Crippen LogP contribution >= 0.6 is 0 Å². The molecule has 0 atom stereocenters. The molecule has 0 N–H and O–H groups in total. The van der Waals surface area contributed by atoms with E-state index in [0.29, 0.717) is 0 Å². The second kappa shape index (κ2) is 1.69. The van der Waals surface area contributed by atoms with Crippen LogP contribution < -0.4 is 0 Å². The van der Waals surface area contributed by atoms with E-state index in [1.54, 1.807) is 0 Å². The molecule has 36 valence electrons. The quantitative estimate of drug-likeness (QED) is 0.362. The van der Waals surface area contributed by atoms with Crippen molar-refractivity contribution in [3.8, 4) is 0 Å². The monoisotopic (exact) mass is 208 g/mol. The van der Waals surface area contributed by atoms with Crippen molar-refractivity contribution in [2.45, 2.75) is 0 Å². The topological polar surface area (TPSA) is 52.6 Å². The van der Waals surface area contributed by atoms with E-state index < -0.39 is 33.9 Å². The third-order valence-corrected chi connectivity index (χ3v) is 1.97. The fourth-order valence-corrected chi connectivity index (χ4v) is 1.21. The van der Waals surface area contributed by atoms with Crippen LogP contribution in [0.15, 0.2) is 0 Å². The van der Waals surface area contributed by atoms with Gasteiger partial charge in [0.05, 0.1) is 0 Å². The van der Waals surface area contributed by atoms with Gasteiger partial charge in [-0.3, -0.25) is 0 Å². The van der Waals surface area contributed by atoms with E-state index in [0.717, 1.165) is 0 Å². The second-order valence-electron chi connectivity index (χ2n) is 0.862. The van der Waals surface area contributed by atoms with Crippen LogP contribution in [0.2, 0.25) is 0 Å². The molecule has 2 radical (unpaired) electrons. The average molecular weight is 207 g/mol. The summed E-state index contributed by atoms with van der Waals surface area (Å²) in [5.74, 6) is -1.65. The van der Waals surface area contributed by atoms with Gasteiger partial charge in [-0.05, 0) is 0 Å². The zero-order valence-electron chi connectivity index (χ0n) is 3.13. The molecule has 1 heterocycles. The van der Waals surface area contributed by atoms with E-state index >= 15 is 0 Å². The summed E-state index contributed by atoms with van der Waals surface area (Å²) in [6.07, 6.45) is 0. The molecule has 1 aliphatic rings. The van der Waals surface area contributed by atoms with Crippen LogP contribution in [-0.4, -0.2) is 33.9 Å². The van der Waals surface area contributed by atoms with Crippen LogP contribution in [0.1, 0.15) is 0 Å². The fraction of sp³-hybridized carbons (Fsp3) is 0. The van der Waals surface area contributed by atoms with Gasteiger partial charge in [-0.2, -0.15) is 0 Å². The van der Waals surface area contributed by atoms with Gasteiger partial charge in [0.15, 0.2) is 0 Å². The summed E-state index contributed by atoms with van der Waals surface area (Å²) in [5, 5.41) is 0. The van der Waals surface area contributed by atoms with Crippen LogP contribution in [0, 0.1) is 0 Å². The zero-order chi connectivity index (χ0) is 5.28. The second-order valence-corrected chi connectivity index (χ2v) is 2.50. The molecule has 5 heteroatoms. The van der Waals surface area contributed by atoms with E-state index in [-0.39, 0.29) is 0 Å². The van der Waals surface area contributed by atoms with Crippen molar-refractivity contribution in [2.75, 3.05) is 0 Å². The van der Waals surface area contributed by atoms with Crippen LogP contribution in [-0.2, 0) is 15.7 Å². The summed E-state index contributed by atoms with van der Waals surface area (Å²) in [6, 6.07) is 0. The predicted molar refractivity (Wildman–Crippen MR) is 17.9 cm³/mol. The number of hydrogen-bond acceptors (Lipinski definition) is 4. The summed E-state index contributed by atoms with van der Waals surface area (Å²) in [6.45, 7) is 0. The number of carbonyl (C=O) groups excluding carboxylic acids is 2. The Kier molecular flexibility index (Phi) is 1.18. The minimum atomic E-state index is -1.48. The molecule has 1 rings (SSSR count). The number of carbonyl (C=O) groups is 2. The van der Waals surface area contributed by atoms with Crippen molar-refractivity contribution in [1.29, 1.82) is 0 Å². The molecular weight excluding hydrogens is 207 g/mol. The summed E-state index contributed by atoms with van der Waals surface area (Å²) in [4.78, 5) is 19.8. The van der Waals surface area contributed by atoms with E-state index in [9.17, 15) is 9.59 Å². The van der Waals surface area contributed by atoms with E-state index in [2.05, 4.69) is 6.15 Å². The van der Waals surface area contributed by atoms with Gasteiger partial charge in [-0.1, -0.05) is 0 Å². The first-order valence-electron chi connectivity index (χ1n) is 1.47. The molecule has 4 nitrogen and oxygen atoms in total. The standard InChI is InChI=1S/C2H2O4.Sn/c3-1(4)2(5)6;/h(H,3,4)(H,5,6);/q;+2/p-2. The van der Waals surface area contributed by atoms with Crippen molar-refractivity contribution in [3.05, 3.63) is 0 Å². The van der Waals surface area contributed by atoms with Gasteiger partial charge in [0.25, 0.3) is 0 Å². The third kappa shape index (κ3) is 0.846. The molecule has 0 saturated carbocycles. The zero-order valence-corrected chi connectivity index (χ0v) is 5.99.